The topological polar surface area (TPSA) is 79.8 Å². The lowest BCUT2D eigenvalue weighted by Crippen LogP contribution is -2.28. The van der Waals surface area contributed by atoms with E-state index >= 15 is 0 Å². The normalized spacial score (nSPS) is 14.1. The average Bonchev–Trinajstić information content (AvgIpc) is 2.80. The second-order valence-corrected chi connectivity index (χ2v) is 3.77. The number of nitrogens with zero attached hydrogens (tertiary/aromatic N) is 2. The van der Waals surface area contributed by atoms with Gasteiger partial charge in [0.15, 0.2) is 0 Å². The van der Waals surface area contributed by atoms with Gasteiger partial charge in [-0.15, -0.1) is 0 Å². The molecule has 0 saturated heterocycles. The SMILES string of the molecule is C=CCOC(=O)C(=[N+]=[N-])C(=O)CC1CC=CC1. The minimum Gasteiger partial charge on any atom is -0.453 e. The molecule has 0 aliphatic heterocycles. The molecule has 0 aromatic heterocycles. The Morgan fingerprint density at radius 1 is 1.47 bits per heavy atom. The molecule has 1 aliphatic rings. The third kappa shape index (κ3) is 3.81. The third-order valence-electron chi connectivity index (χ3n) is 2.47. The Morgan fingerprint density at radius 3 is 2.65 bits per heavy atom. The van der Waals surface area contributed by atoms with Crippen molar-refractivity contribution in [3.63, 3.8) is 0 Å². The van der Waals surface area contributed by atoms with Crippen LogP contribution in [0.1, 0.15) is 19.3 Å². The maximum Gasteiger partial charge on any atom is 0.441 e. The van der Waals surface area contributed by atoms with E-state index in [9.17, 15) is 9.59 Å². The van der Waals surface area contributed by atoms with Crippen molar-refractivity contribution in [2.24, 2.45) is 5.92 Å². The quantitative estimate of drug-likeness (QED) is 0.173. The van der Waals surface area contributed by atoms with E-state index in [0.717, 1.165) is 12.8 Å². The number of esters is 1. The molecule has 0 atom stereocenters. The van der Waals surface area contributed by atoms with Gasteiger partial charge in [-0.25, -0.2) is 4.79 Å². The predicted octanol–water partition coefficient (Wildman–Crippen LogP) is 1.31. The summed E-state index contributed by atoms with van der Waals surface area (Å²) in [5, 5.41) is 0. The van der Waals surface area contributed by atoms with Gasteiger partial charge in [0.25, 0.3) is 5.78 Å². The Bertz CT molecular complexity index is 398. The van der Waals surface area contributed by atoms with Gasteiger partial charge in [0.05, 0.1) is 0 Å². The predicted molar refractivity (Wildman–Crippen MR) is 61.3 cm³/mol. The van der Waals surface area contributed by atoms with Gasteiger partial charge in [-0.05, 0) is 18.8 Å². The fourth-order valence-corrected chi connectivity index (χ4v) is 1.61. The van der Waals surface area contributed by atoms with Gasteiger partial charge < -0.3 is 10.3 Å². The number of carbonyl (C=O) groups excluding carboxylic acids is 2. The molecule has 17 heavy (non-hydrogen) atoms. The number of rotatable bonds is 6. The summed E-state index contributed by atoms with van der Waals surface area (Å²) in [6, 6.07) is 0. The summed E-state index contributed by atoms with van der Waals surface area (Å²) in [7, 11) is 0. The number of allylic oxidation sites excluding steroid dienone is 2. The molecule has 0 saturated carbocycles. The van der Waals surface area contributed by atoms with E-state index in [1.54, 1.807) is 0 Å². The minimum atomic E-state index is -0.914. The molecule has 0 bridgehead atoms. The lowest BCUT2D eigenvalue weighted by atomic mass is 9.98. The molecular weight excluding hydrogens is 220 g/mol. The Labute approximate surface area is 99.4 Å². The van der Waals surface area contributed by atoms with Gasteiger partial charge in [0, 0.05) is 6.42 Å². The van der Waals surface area contributed by atoms with Crippen molar-refractivity contribution in [3.05, 3.63) is 30.3 Å². The minimum absolute atomic E-state index is 0.0177. The van der Waals surface area contributed by atoms with Crippen LogP contribution in [0.3, 0.4) is 0 Å². The summed E-state index contributed by atoms with van der Waals surface area (Å²) in [6.45, 7) is 3.36. The molecule has 5 heteroatoms. The van der Waals surface area contributed by atoms with E-state index in [1.165, 1.54) is 6.08 Å². The Morgan fingerprint density at radius 2 is 2.12 bits per heavy atom. The molecule has 0 radical (unpaired) electrons. The number of hydrogen-bond donors (Lipinski definition) is 0. The van der Waals surface area contributed by atoms with E-state index in [-0.39, 0.29) is 18.9 Å². The van der Waals surface area contributed by atoms with Crippen molar-refractivity contribution in [1.29, 1.82) is 0 Å². The Kier molecular flexibility index (Phi) is 5.04. The highest BCUT2D eigenvalue weighted by Gasteiger charge is 2.32. The monoisotopic (exact) mass is 234 g/mol. The molecule has 0 aromatic rings. The molecule has 0 amide bonds. The highest BCUT2D eigenvalue weighted by molar-refractivity contribution is 6.62. The fraction of sp³-hybridized carbons (Fsp3) is 0.417. The molecule has 90 valence electrons. The van der Waals surface area contributed by atoms with Gasteiger partial charge >= 0.3 is 11.7 Å². The van der Waals surface area contributed by atoms with Gasteiger partial charge in [-0.1, -0.05) is 24.8 Å². The maximum atomic E-state index is 11.7. The molecule has 0 N–H and O–H groups in total. The van der Waals surface area contributed by atoms with Crippen molar-refractivity contribution in [3.8, 4) is 0 Å². The molecule has 5 nitrogen and oxygen atoms in total. The van der Waals surface area contributed by atoms with Crippen molar-refractivity contribution >= 4 is 17.5 Å². The van der Waals surface area contributed by atoms with E-state index in [4.69, 9.17) is 5.53 Å². The zero-order valence-corrected chi connectivity index (χ0v) is 9.46. The first-order valence-corrected chi connectivity index (χ1v) is 5.37. The zero-order chi connectivity index (χ0) is 12.7. The van der Waals surface area contributed by atoms with Crippen molar-refractivity contribution in [2.45, 2.75) is 19.3 Å². The second-order valence-electron chi connectivity index (χ2n) is 3.77. The van der Waals surface area contributed by atoms with Gasteiger partial charge in [0.1, 0.15) is 6.61 Å². The van der Waals surface area contributed by atoms with Crippen molar-refractivity contribution in [1.82, 2.24) is 0 Å². The first-order chi connectivity index (χ1) is 8.19. The number of hydrogen-bond acceptors (Lipinski definition) is 3. The Hall–Kier alpha value is -2.00. The van der Waals surface area contributed by atoms with Crippen molar-refractivity contribution in [2.75, 3.05) is 6.61 Å². The van der Waals surface area contributed by atoms with Crippen LogP contribution in [0, 0.1) is 5.92 Å². The molecule has 0 unspecified atom stereocenters. The number of ether oxygens (including phenoxy) is 1. The van der Waals surface area contributed by atoms with Gasteiger partial charge in [-0.3, -0.25) is 4.79 Å². The summed E-state index contributed by atoms with van der Waals surface area (Å²) < 4.78 is 4.65. The first-order valence-electron chi connectivity index (χ1n) is 5.37. The highest BCUT2D eigenvalue weighted by Crippen LogP contribution is 2.21. The summed E-state index contributed by atoms with van der Waals surface area (Å²) in [4.78, 5) is 25.8. The van der Waals surface area contributed by atoms with Gasteiger partial charge in [-0.2, -0.15) is 4.79 Å². The van der Waals surface area contributed by atoms with E-state index in [1.807, 2.05) is 12.2 Å². The van der Waals surface area contributed by atoms with Crippen LogP contribution in [0.5, 0.6) is 0 Å². The van der Waals surface area contributed by atoms with Crippen LogP contribution in [0.2, 0.25) is 0 Å². The number of Topliss-reactive ketones (excluding diaryl/α,β-unsaturated/α-hetero) is 1. The van der Waals surface area contributed by atoms with Crippen LogP contribution in [0.25, 0.3) is 5.53 Å². The summed E-state index contributed by atoms with van der Waals surface area (Å²) in [5.41, 5.74) is 8.12. The van der Waals surface area contributed by atoms with Crippen LogP contribution in [-0.4, -0.2) is 28.9 Å². The third-order valence-corrected chi connectivity index (χ3v) is 2.47. The van der Waals surface area contributed by atoms with Crippen LogP contribution >= 0.6 is 0 Å². The lowest BCUT2D eigenvalue weighted by Gasteiger charge is -2.04. The van der Waals surface area contributed by atoms with Crippen LogP contribution in [0.15, 0.2) is 24.8 Å². The molecule has 1 aliphatic carbocycles. The van der Waals surface area contributed by atoms with E-state index < -0.39 is 17.5 Å². The largest absolute Gasteiger partial charge is 0.453 e. The lowest BCUT2D eigenvalue weighted by molar-refractivity contribution is -0.141. The van der Waals surface area contributed by atoms with Gasteiger partial charge in [0.2, 0.25) is 0 Å². The van der Waals surface area contributed by atoms with Crippen molar-refractivity contribution < 1.29 is 19.1 Å². The van der Waals surface area contributed by atoms with Crippen LogP contribution < -0.4 is 0 Å². The molecular formula is C12H14N2O3. The number of ketones is 1. The van der Waals surface area contributed by atoms with E-state index in [2.05, 4.69) is 16.1 Å². The fourth-order valence-electron chi connectivity index (χ4n) is 1.61. The standard InChI is InChI=1S/C12H14N2O3/c1-2-7-17-12(16)11(14-13)10(15)8-9-5-3-4-6-9/h2-4,9H,1,5-8H2. The molecule has 0 aromatic carbocycles. The highest BCUT2D eigenvalue weighted by atomic mass is 16.5. The van der Waals surface area contributed by atoms with Crippen LogP contribution in [0.4, 0.5) is 0 Å². The summed E-state index contributed by atoms with van der Waals surface area (Å²) in [5.74, 6) is -1.22. The summed E-state index contributed by atoms with van der Waals surface area (Å²) >= 11 is 0. The summed E-state index contributed by atoms with van der Waals surface area (Å²) in [6.07, 6.45) is 7.17. The average molecular weight is 234 g/mol. The molecule has 1 rings (SSSR count). The second kappa shape index (κ2) is 6.55. The first kappa shape index (κ1) is 13.1. The van der Waals surface area contributed by atoms with Crippen LogP contribution in [-0.2, 0) is 14.3 Å². The number of carbonyl (C=O) groups is 2. The maximum absolute atomic E-state index is 11.7. The Balaban J connectivity index is 2.55. The smallest absolute Gasteiger partial charge is 0.441 e. The van der Waals surface area contributed by atoms with E-state index in [0.29, 0.717) is 0 Å². The molecule has 0 spiro atoms. The zero-order valence-electron chi connectivity index (χ0n) is 9.46. The molecule has 0 heterocycles. The molecule has 0 fully saturated rings.